The fourth-order valence-corrected chi connectivity index (χ4v) is 22.1. The third-order valence-electron chi connectivity index (χ3n) is 23.4. The summed E-state index contributed by atoms with van der Waals surface area (Å²) in [6.45, 7) is 5.44. The number of ether oxygens (including phenoxy) is 1. The quantitative estimate of drug-likeness (QED) is 0.0171. The van der Waals surface area contributed by atoms with E-state index in [2.05, 4.69) is 58.2 Å². The van der Waals surface area contributed by atoms with E-state index in [0.29, 0.717) is 84.2 Å². The molecule has 0 radical (unpaired) electrons. The average molecular weight is 1230 g/mol. The van der Waals surface area contributed by atoms with Gasteiger partial charge in [0.2, 0.25) is 0 Å². The van der Waals surface area contributed by atoms with Gasteiger partial charge in [-0.15, -0.1) is 0 Å². The van der Waals surface area contributed by atoms with Crippen molar-refractivity contribution >= 4 is 27.5 Å². The van der Waals surface area contributed by atoms with Gasteiger partial charge in [-0.05, 0) is 210 Å². The fourth-order valence-electron chi connectivity index (χ4n) is 19.3. The lowest BCUT2D eigenvalue weighted by Crippen LogP contribution is -2.52. The number of hydrogen-bond acceptors (Lipinski definition) is 13. The van der Waals surface area contributed by atoms with E-state index in [1.54, 1.807) is 18.2 Å². The number of aromatic hydroxyl groups is 2. The number of aromatic nitrogens is 1. The number of nitrogens with two attached hydrogens (primary N) is 2. The van der Waals surface area contributed by atoms with Crippen LogP contribution in [0.3, 0.4) is 0 Å². The van der Waals surface area contributed by atoms with Gasteiger partial charge in [0.1, 0.15) is 30.0 Å². The molecule has 476 valence electrons. The fraction of sp³-hybridized carbons (Fsp3) is 0.676. The van der Waals surface area contributed by atoms with Crippen LogP contribution in [-0.2, 0) is 25.9 Å². The first-order valence-corrected chi connectivity index (χ1v) is 36.4. The van der Waals surface area contributed by atoms with E-state index in [4.69, 9.17) is 25.6 Å². The van der Waals surface area contributed by atoms with Crippen molar-refractivity contribution in [2.24, 2.45) is 68.7 Å². The molecule has 9 aliphatic rings. The topological polar surface area (TPSA) is 240 Å². The van der Waals surface area contributed by atoms with Crippen LogP contribution in [0.1, 0.15) is 198 Å². The molecule has 14 nitrogen and oxygen atoms in total. The molecule has 17 unspecified atom stereocenters. The van der Waals surface area contributed by atoms with E-state index in [0.717, 1.165) is 104 Å². The Bertz CT molecular complexity index is 2980. The van der Waals surface area contributed by atoms with E-state index >= 15 is 0 Å². The van der Waals surface area contributed by atoms with Crippen molar-refractivity contribution in [1.29, 1.82) is 0 Å². The molecule has 13 N–H and O–H groups in total. The molecule has 1 aliphatic heterocycles. The highest BCUT2D eigenvalue weighted by Gasteiger charge is 2.65. The van der Waals surface area contributed by atoms with Gasteiger partial charge in [-0.2, -0.15) is 0 Å². The lowest BCUT2D eigenvalue weighted by molar-refractivity contribution is 0.0354. The van der Waals surface area contributed by atoms with Gasteiger partial charge in [-0.3, -0.25) is 0 Å². The van der Waals surface area contributed by atoms with Gasteiger partial charge >= 0.3 is 0 Å². The minimum absolute atomic E-state index is 0.000598. The molecule has 5 saturated carbocycles. The van der Waals surface area contributed by atoms with Crippen molar-refractivity contribution in [1.82, 2.24) is 20.9 Å². The summed E-state index contributed by atoms with van der Waals surface area (Å²) in [4.78, 5) is 9.06. The van der Waals surface area contributed by atoms with Crippen LogP contribution in [0.4, 0.5) is 0 Å². The number of allylic oxidation sites excluding steroid dienone is 2. The summed E-state index contributed by atoms with van der Waals surface area (Å²) in [5, 5.41) is 65.0. The van der Waals surface area contributed by atoms with Crippen molar-refractivity contribution in [3.8, 4) is 17.2 Å². The maximum Gasteiger partial charge on any atom is 0.189 e. The minimum Gasteiger partial charge on any atom is -0.508 e. The number of H-pyrrole nitrogens is 1. The van der Waals surface area contributed by atoms with Gasteiger partial charge in [0, 0.05) is 89.8 Å². The SMILES string of the molecule is CNCC(NCC(C)O)C1c2cc(C(O)COc3cc(CCc4cc(CO)c(CCC5CCC6C7CSSCC(N=C(N)NC8CCCC(c9ccc(O)cc9)C8)C(C)CCC6C(C5)CC7N)o4)ccc3O)[nH]c2C2C=CC13CCCC3C21CCCC1. The molecule has 1 saturated heterocycles. The number of guanidine groups is 1. The van der Waals surface area contributed by atoms with Crippen molar-refractivity contribution in [3.05, 3.63) is 112 Å². The monoisotopic (exact) mass is 1230 g/mol. The van der Waals surface area contributed by atoms with E-state index in [1.807, 2.05) is 53.8 Å². The number of phenolic OH excluding ortho intramolecular Hbond substituents is 2. The maximum atomic E-state index is 12.0. The summed E-state index contributed by atoms with van der Waals surface area (Å²) < 4.78 is 12.9. The van der Waals surface area contributed by atoms with E-state index in [-0.39, 0.29) is 65.8 Å². The number of likely N-dealkylation sites (N-methyl/N-ethyl adjacent to an activating group) is 1. The molecule has 16 heteroatoms. The number of nitrogens with one attached hydrogen (secondary N) is 4. The summed E-state index contributed by atoms with van der Waals surface area (Å²) in [5.74, 6) is 9.92. The van der Waals surface area contributed by atoms with Crippen molar-refractivity contribution in [2.45, 2.75) is 209 Å². The van der Waals surface area contributed by atoms with Crippen molar-refractivity contribution < 1.29 is 34.7 Å². The molecule has 0 amide bonds. The number of aliphatic imine (C=N–C) groups is 1. The Morgan fingerprint density at radius 1 is 0.862 bits per heavy atom. The number of hydrogen-bond donors (Lipinski definition) is 11. The van der Waals surface area contributed by atoms with Gasteiger partial charge in [-0.1, -0.05) is 91.0 Å². The van der Waals surface area contributed by atoms with Crippen LogP contribution in [-0.4, -0.2) is 105 Å². The number of phenols is 2. The first kappa shape index (κ1) is 63.0. The number of nitrogens with zero attached hydrogens (tertiary/aromatic N) is 1. The lowest BCUT2D eigenvalue weighted by atomic mass is 9.52. The van der Waals surface area contributed by atoms with E-state index in [1.165, 1.54) is 81.0 Å². The predicted molar refractivity (Wildman–Crippen MR) is 351 cm³/mol. The summed E-state index contributed by atoms with van der Waals surface area (Å²) in [6.07, 6.45) is 26.9. The minimum atomic E-state index is -0.945. The Hall–Kier alpha value is -4.13. The molecular weight excluding hydrogens is 1130 g/mol. The number of aromatic amines is 1. The zero-order chi connectivity index (χ0) is 60.4. The van der Waals surface area contributed by atoms with Gasteiger partial charge < -0.3 is 67.1 Å². The van der Waals surface area contributed by atoms with E-state index < -0.39 is 12.2 Å². The van der Waals surface area contributed by atoms with Gasteiger partial charge in [0.05, 0.1) is 18.8 Å². The van der Waals surface area contributed by atoms with Crippen LogP contribution in [0.5, 0.6) is 17.2 Å². The second kappa shape index (κ2) is 27.8. The lowest BCUT2D eigenvalue weighted by Gasteiger charge is -2.53. The molecule has 13 rings (SSSR count). The Labute approximate surface area is 525 Å². The molecule has 2 aromatic heterocycles. The molecule has 17 atom stereocenters. The highest BCUT2D eigenvalue weighted by Crippen LogP contribution is 2.73. The standard InChI is InChI=1S/C71H103N7O7S2/c1-42-11-21-53-48-30-44(13-22-54(53)56(58(72)34-48)40-86-87-41-61(42)78-69(73)76-50-9-6-8-47(32-50)46-16-18-51(81)19-17-46)15-24-64-49(38-79)33-52(85-64)20-12-45-14-23-62(82)65(31-45)84-39-63(83)59-35-55-67(60(37-74-3)75-36-43(2)80)71-28-7-10-66(71)70(26-4-5-27-70)57(25-29-71)68(55)77-59/h14,16-19,23,25,29,31,33,35,42-44,47-48,50,53-54,56-58,60-61,63,66-67,74-75,77,79-83H,4-13,15,20-22,24,26-28,30,32,34,36-41,72H2,1-3H3,(H3,73,76,78). The van der Waals surface area contributed by atoms with Crippen LogP contribution in [0, 0.1) is 52.3 Å². The number of benzene rings is 2. The normalized spacial score (nSPS) is 33.2. The van der Waals surface area contributed by atoms with Crippen LogP contribution < -0.4 is 32.2 Å². The molecule has 6 fully saturated rings. The Kier molecular flexibility index (Phi) is 20.1. The third-order valence-corrected chi connectivity index (χ3v) is 25.9. The Morgan fingerprint density at radius 3 is 2.48 bits per heavy atom. The summed E-state index contributed by atoms with van der Waals surface area (Å²) >= 11 is 0. The van der Waals surface area contributed by atoms with Crippen LogP contribution in [0.15, 0.2) is 76.2 Å². The summed E-state index contributed by atoms with van der Waals surface area (Å²) in [6, 6.07) is 18.2. The molecule has 8 aliphatic carbocycles. The molecule has 2 spiro atoms. The van der Waals surface area contributed by atoms with Crippen LogP contribution >= 0.6 is 21.6 Å². The zero-order valence-corrected chi connectivity index (χ0v) is 53.8. The first-order chi connectivity index (χ1) is 42.2. The molecule has 4 aromatic rings. The first-order valence-electron chi connectivity index (χ1n) is 33.9. The molecule has 2 aromatic carbocycles. The average Bonchev–Trinajstić information content (AvgIpc) is 1.54. The van der Waals surface area contributed by atoms with Crippen LogP contribution in [0.2, 0.25) is 0 Å². The number of aliphatic hydroxyl groups is 3. The van der Waals surface area contributed by atoms with Gasteiger partial charge in [0.15, 0.2) is 17.5 Å². The summed E-state index contributed by atoms with van der Waals surface area (Å²) in [7, 11) is 5.97. The highest BCUT2D eigenvalue weighted by molar-refractivity contribution is 8.76. The molecule has 6 bridgehead atoms. The van der Waals surface area contributed by atoms with Crippen molar-refractivity contribution in [3.63, 3.8) is 0 Å². The highest BCUT2D eigenvalue weighted by atomic mass is 33.1. The number of aryl methyl sites for hydroxylation is 3. The number of aliphatic hydroxyl groups excluding tert-OH is 3. The Morgan fingerprint density at radius 2 is 1.68 bits per heavy atom. The van der Waals surface area contributed by atoms with Gasteiger partial charge in [-0.25, -0.2) is 4.99 Å². The van der Waals surface area contributed by atoms with Crippen LogP contribution in [0.25, 0.3) is 0 Å². The maximum absolute atomic E-state index is 12.0. The zero-order valence-electron chi connectivity index (χ0n) is 52.2. The molecule has 87 heavy (non-hydrogen) atoms. The number of furan rings is 1. The summed E-state index contributed by atoms with van der Waals surface area (Å²) in [5.41, 5.74) is 20.5. The smallest absolute Gasteiger partial charge is 0.189 e. The third kappa shape index (κ3) is 13.5. The molecule has 3 heterocycles. The second-order valence-corrected chi connectivity index (χ2v) is 31.2. The second-order valence-electron chi connectivity index (χ2n) is 28.6. The number of rotatable bonds is 20. The largest absolute Gasteiger partial charge is 0.508 e. The molecular formula is C71H103N7O7S2. The van der Waals surface area contributed by atoms with Gasteiger partial charge in [0.25, 0.3) is 0 Å². The Balaban J connectivity index is 0.659. The predicted octanol–water partition coefficient (Wildman–Crippen LogP) is 11.8. The van der Waals surface area contributed by atoms with Crippen molar-refractivity contribution in [2.75, 3.05) is 38.2 Å². The van der Waals surface area contributed by atoms with E-state index in [9.17, 15) is 25.5 Å².